The van der Waals surface area contributed by atoms with Crippen molar-refractivity contribution in [2.75, 3.05) is 0 Å². The van der Waals surface area contributed by atoms with Gasteiger partial charge in [0.05, 0.1) is 6.61 Å². The molecule has 0 fully saturated rings. The van der Waals surface area contributed by atoms with Crippen LogP contribution < -0.4 is 24.8 Å². The van der Waals surface area contributed by atoms with E-state index in [0.29, 0.717) is 0 Å². The van der Waals surface area contributed by atoms with E-state index in [0.717, 1.165) is 12.0 Å². The number of allylic oxidation sites excluding steroid dienone is 4. The van der Waals surface area contributed by atoms with E-state index in [4.69, 9.17) is 5.11 Å². The molecule has 1 nitrogen and oxygen atoms in total. The Kier molecular flexibility index (Phi) is 12.4. The number of aliphatic hydroxyl groups is 1. The van der Waals surface area contributed by atoms with Crippen molar-refractivity contribution in [2.45, 2.75) is 26.9 Å². The summed E-state index contributed by atoms with van der Waals surface area (Å²) in [5.74, 6) is 0. The molecule has 0 bridgehead atoms. The van der Waals surface area contributed by atoms with Crippen LogP contribution in [0.4, 0.5) is 0 Å². The number of hydrogen-bond donors (Lipinski definition) is 1. The molecule has 1 aliphatic rings. The van der Waals surface area contributed by atoms with Crippen molar-refractivity contribution in [1.82, 2.24) is 0 Å². The number of benzene rings is 3. The maximum Gasteiger partial charge on any atom is 3.00 e. The topological polar surface area (TPSA) is 20.2 Å². The Balaban J connectivity index is 0.000000574. The molecule has 4 heteroatoms. The smallest absolute Gasteiger partial charge is 1.00 e. The van der Waals surface area contributed by atoms with Crippen LogP contribution in [-0.2, 0) is 28.3 Å². The molecule has 1 aliphatic carbocycles. The quantitative estimate of drug-likeness (QED) is 0.433. The van der Waals surface area contributed by atoms with Gasteiger partial charge in [0.1, 0.15) is 0 Å². The normalized spacial score (nSPS) is 12.0. The zero-order valence-electron chi connectivity index (χ0n) is 16.0. The van der Waals surface area contributed by atoms with Gasteiger partial charge in [0.25, 0.3) is 0 Å². The van der Waals surface area contributed by atoms with E-state index in [2.05, 4.69) is 62.4 Å². The van der Waals surface area contributed by atoms with Gasteiger partial charge in [-0.15, -0.1) is 35.2 Å². The van der Waals surface area contributed by atoms with Crippen LogP contribution in [0.2, 0.25) is 0 Å². The van der Waals surface area contributed by atoms with E-state index in [1.165, 1.54) is 33.1 Å². The predicted octanol–water partition coefficient (Wildman–Crippen LogP) is -0.0521. The maximum atomic E-state index is 8.54. The first-order valence-electron chi connectivity index (χ1n) is 8.60. The SMILES string of the molecule is CC1=CC(C)=C(c2[c-]c3ccccc3cc2)C1.OCc1ccccc1.[Cl-].[Cl-].[Ti+3]. The minimum absolute atomic E-state index is 0. The zero-order valence-corrected chi connectivity index (χ0v) is 19.1. The standard InChI is InChI=1S/C17H15.C7H8O.2ClH.Ti/c1-12-9-13(2)17(10-12)16-8-7-14-5-3-4-6-15(14)11-16;8-6-7-4-2-1-3-5-7;;;/h3-9H,10H2,1-2H3;1-5,8H,6H2;2*1H;/q-1;;;;+3/p-2. The molecule has 4 rings (SSSR count). The second-order valence-electron chi connectivity index (χ2n) is 6.43. The number of rotatable bonds is 2. The molecule has 0 spiro atoms. The molecule has 0 heterocycles. The van der Waals surface area contributed by atoms with E-state index >= 15 is 0 Å². The molecular weight excluding hydrogens is 423 g/mol. The predicted molar refractivity (Wildman–Crippen MR) is 106 cm³/mol. The molecule has 0 aliphatic heterocycles. The summed E-state index contributed by atoms with van der Waals surface area (Å²) in [6, 6.07) is 25.8. The molecule has 0 aromatic heterocycles. The largest absolute Gasteiger partial charge is 3.00 e. The van der Waals surface area contributed by atoms with Gasteiger partial charge in [-0.3, -0.25) is 0 Å². The first-order chi connectivity index (χ1) is 12.2. The summed E-state index contributed by atoms with van der Waals surface area (Å²) in [4.78, 5) is 0. The molecule has 0 saturated heterocycles. The van der Waals surface area contributed by atoms with Crippen LogP contribution in [0.3, 0.4) is 0 Å². The molecular formula is C24H23Cl2OTi. The van der Waals surface area contributed by atoms with Crippen molar-refractivity contribution in [2.24, 2.45) is 0 Å². The summed E-state index contributed by atoms with van der Waals surface area (Å²) >= 11 is 0. The Morgan fingerprint density at radius 1 is 0.857 bits per heavy atom. The average Bonchev–Trinajstić information content (AvgIpc) is 3.00. The van der Waals surface area contributed by atoms with Gasteiger partial charge in [0.15, 0.2) is 0 Å². The third kappa shape index (κ3) is 6.92. The molecule has 1 N–H and O–H groups in total. The van der Waals surface area contributed by atoms with Gasteiger partial charge in [0, 0.05) is 0 Å². The number of fused-ring (bicyclic) bond motifs is 1. The van der Waals surface area contributed by atoms with Gasteiger partial charge >= 0.3 is 21.7 Å². The number of aliphatic hydroxyl groups excluding tert-OH is 1. The van der Waals surface area contributed by atoms with Gasteiger partial charge in [-0.1, -0.05) is 76.7 Å². The van der Waals surface area contributed by atoms with E-state index < -0.39 is 0 Å². The van der Waals surface area contributed by atoms with Gasteiger partial charge < -0.3 is 29.9 Å². The first kappa shape index (κ1) is 26.7. The Labute approximate surface area is 195 Å². The fourth-order valence-electron chi connectivity index (χ4n) is 3.11. The second-order valence-corrected chi connectivity index (χ2v) is 6.43. The molecule has 3 aromatic carbocycles. The Bertz CT molecular complexity index is 934. The summed E-state index contributed by atoms with van der Waals surface area (Å²) in [6.07, 6.45) is 3.35. The molecule has 3 aromatic rings. The van der Waals surface area contributed by atoms with Crippen LogP contribution in [0, 0.1) is 6.07 Å². The van der Waals surface area contributed by atoms with Gasteiger partial charge in [-0.2, -0.15) is 0 Å². The van der Waals surface area contributed by atoms with Crippen LogP contribution in [-0.4, -0.2) is 5.11 Å². The van der Waals surface area contributed by atoms with Crippen molar-refractivity contribution in [3.8, 4) is 0 Å². The van der Waals surface area contributed by atoms with E-state index in [9.17, 15) is 0 Å². The summed E-state index contributed by atoms with van der Waals surface area (Å²) in [7, 11) is 0. The van der Waals surface area contributed by atoms with Crippen LogP contribution in [0.5, 0.6) is 0 Å². The second kappa shape index (κ2) is 13.0. The van der Waals surface area contributed by atoms with E-state index in [-0.39, 0.29) is 53.1 Å². The minimum Gasteiger partial charge on any atom is -1.00 e. The molecule has 28 heavy (non-hydrogen) atoms. The van der Waals surface area contributed by atoms with Crippen molar-refractivity contribution in [3.63, 3.8) is 0 Å². The van der Waals surface area contributed by atoms with Gasteiger partial charge in [-0.05, 0) is 25.8 Å². The average molecular weight is 446 g/mol. The molecule has 0 atom stereocenters. The molecule has 0 saturated carbocycles. The third-order valence-electron chi connectivity index (χ3n) is 4.40. The van der Waals surface area contributed by atoms with Crippen molar-refractivity contribution < 1.29 is 51.6 Å². The van der Waals surface area contributed by atoms with Crippen LogP contribution in [0.25, 0.3) is 16.3 Å². The van der Waals surface area contributed by atoms with Crippen LogP contribution in [0.15, 0.2) is 84.0 Å². The fourth-order valence-corrected chi connectivity index (χ4v) is 3.11. The zero-order chi connectivity index (χ0) is 17.6. The summed E-state index contributed by atoms with van der Waals surface area (Å²) in [5, 5.41) is 11.0. The minimum atomic E-state index is 0. The summed E-state index contributed by atoms with van der Waals surface area (Å²) in [5.41, 5.74) is 6.46. The maximum absolute atomic E-state index is 8.54. The number of hydrogen-bond acceptors (Lipinski definition) is 1. The van der Waals surface area contributed by atoms with Crippen molar-refractivity contribution >= 4 is 16.3 Å². The number of halogens is 2. The summed E-state index contributed by atoms with van der Waals surface area (Å²) in [6.45, 7) is 4.52. The van der Waals surface area contributed by atoms with Crippen molar-refractivity contribution in [3.05, 3.63) is 101 Å². The third-order valence-corrected chi connectivity index (χ3v) is 4.40. The molecule has 0 amide bonds. The van der Waals surface area contributed by atoms with Gasteiger partial charge in [-0.25, -0.2) is 0 Å². The first-order valence-corrected chi connectivity index (χ1v) is 8.60. The summed E-state index contributed by atoms with van der Waals surface area (Å²) < 4.78 is 0. The van der Waals surface area contributed by atoms with Gasteiger partial charge in [0.2, 0.25) is 0 Å². The van der Waals surface area contributed by atoms with Crippen LogP contribution in [0.1, 0.15) is 31.4 Å². The molecule has 143 valence electrons. The Hall–Kier alpha value is -1.35. The van der Waals surface area contributed by atoms with Crippen LogP contribution >= 0.6 is 0 Å². The fraction of sp³-hybridized carbons (Fsp3) is 0.167. The molecule has 0 unspecified atom stereocenters. The van der Waals surface area contributed by atoms with E-state index in [1.807, 2.05) is 30.3 Å². The monoisotopic (exact) mass is 445 g/mol. The molecule has 1 radical (unpaired) electrons. The Morgan fingerprint density at radius 2 is 1.50 bits per heavy atom. The Morgan fingerprint density at radius 3 is 2.07 bits per heavy atom. The van der Waals surface area contributed by atoms with Crippen molar-refractivity contribution in [1.29, 1.82) is 0 Å². The van der Waals surface area contributed by atoms with E-state index in [1.54, 1.807) is 0 Å².